The standard InChI is InChI=1S/C6H8O6S2/c7-13(8,9)5-2-1-3-6(4-5)14(10,11)12/h1-4,7-9H,(H,10,11,12). The third-order valence-corrected chi connectivity index (χ3v) is 3.16. The van der Waals surface area contributed by atoms with Gasteiger partial charge in [0.25, 0.3) is 10.1 Å². The van der Waals surface area contributed by atoms with E-state index in [1.165, 1.54) is 6.07 Å². The Morgan fingerprint density at radius 2 is 1.43 bits per heavy atom. The van der Waals surface area contributed by atoms with Gasteiger partial charge in [-0.15, -0.1) is 0 Å². The highest BCUT2D eigenvalue weighted by Crippen LogP contribution is 2.43. The van der Waals surface area contributed by atoms with Crippen LogP contribution in [0.5, 0.6) is 0 Å². The Balaban J connectivity index is 3.29. The molecule has 1 aromatic rings. The van der Waals surface area contributed by atoms with E-state index in [0.717, 1.165) is 18.2 Å². The number of hydrogen-bond donors (Lipinski definition) is 4. The molecule has 0 fully saturated rings. The molecule has 80 valence electrons. The minimum atomic E-state index is -4.41. The van der Waals surface area contributed by atoms with E-state index in [-0.39, 0.29) is 4.90 Å². The van der Waals surface area contributed by atoms with Crippen molar-refractivity contribution < 1.29 is 26.6 Å². The Morgan fingerprint density at radius 3 is 1.86 bits per heavy atom. The molecule has 14 heavy (non-hydrogen) atoms. The molecule has 0 aliphatic rings. The van der Waals surface area contributed by atoms with Crippen molar-refractivity contribution in [2.45, 2.75) is 9.79 Å². The molecule has 6 nitrogen and oxygen atoms in total. The molecule has 0 radical (unpaired) electrons. The summed E-state index contributed by atoms with van der Waals surface area (Å²) < 4.78 is 56.3. The molecule has 0 spiro atoms. The Hall–Kier alpha value is -0.640. The summed E-state index contributed by atoms with van der Waals surface area (Å²) in [5, 5.41) is 0. The minimum Gasteiger partial charge on any atom is -0.304 e. The molecule has 0 bridgehead atoms. The fourth-order valence-electron chi connectivity index (χ4n) is 0.805. The lowest BCUT2D eigenvalue weighted by atomic mass is 10.4. The maximum Gasteiger partial charge on any atom is 0.294 e. The van der Waals surface area contributed by atoms with Crippen molar-refractivity contribution in [3.05, 3.63) is 24.3 Å². The lowest BCUT2D eigenvalue weighted by molar-refractivity contribution is 0.376. The second-order valence-corrected chi connectivity index (χ2v) is 5.40. The monoisotopic (exact) mass is 240 g/mol. The fourth-order valence-corrected chi connectivity index (χ4v) is 1.95. The van der Waals surface area contributed by atoms with Crippen molar-refractivity contribution >= 4 is 21.0 Å². The van der Waals surface area contributed by atoms with Crippen molar-refractivity contribution in [2.75, 3.05) is 0 Å². The van der Waals surface area contributed by atoms with Gasteiger partial charge in [-0.1, -0.05) is 6.07 Å². The van der Waals surface area contributed by atoms with Gasteiger partial charge < -0.3 is 13.7 Å². The van der Waals surface area contributed by atoms with E-state index in [2.05, 4.69) is 0 Å². The van der Waals surface area contributed by atoms with Gasteiger partial charge in [-0.25, -0.2) is 0 Å². The zero-order valence-corrected chi connectivity index (χ0v) is 8.36. The van der Waals surface area contributed by atoms with Crippen LogP contribution in [-0.2, 0) is 10.1 Å². The first-order valence-electron chi connectivity index (χ1n) is 3.29. The van der Waals surface area contributed by atoms with E-state index in [4.69, 9.17) is 18.2 Å². The quantitative estimate of drug-likeness (QED) is 0.582. The third kappa shape index (κ3) is 2.67. The van der Waals surface area contributed by atoms with Crippen LogP contribution in [0.1, 0.15) is 0 Å². The van der Waals surface area contributed by atoms with Crippen molar-refractivity contribution in [2.24, 2.45) is 0 Å². The maximum absolute atomic E-state index is 10.6. The average molecular weight is 240 g/mol. The molecule has 1 rings (SSSR count). The highest BCUT2D eigenvalue weighted by molar-refractivity contribution is 8.19. The van der Waals surface area contributed by atoms with Crippen LogP contribution in [0.25, 0.3) is 0 Å². The van der Waals surface area contributed by atoms with Crippen molar-refractivity contribution in [3.8, 4) is 0 Å². The molecule has 0 atom stereocenters. The smallest absolute Gasteiger partial charge is 0.294 e. The molecule has 0 aliphatic heterocycles. The van der Waals surface area contributed by atoms with E-state index >= 15 is 0 Å². The molecule has 0 saturated carbocycles. The Kier molecular flexibility index (Phi) is 2.86. The van der Waals surface area contributed by atoms with Crippen LogP contribution < -0.4 is 0 Å². The first kappa shape index (κ1) is 11.4. The van der Waals surface area contributed by atoms with Gasteiger partial charge in [0.1, 0.15) is 10.9 Å². The van der Waals surface area contributed by atoms with Crippen LogP contribution >= 0.6 is 10.9 Å². The average Bonchev–Trinajstić information content (AvgIpc) is 2.01. The van der Waals surface area contributed by atoms with Crippen LogP contribution in [0, 0.1) is 0 Å². The first-order chi connectivity index (χ1) is 6.21. The van der Waals surface area contributed by atoms with Crippen LogP contribution in [0.4, 0.5) is 0 Å². The van der Waals surface area contributed by atoms with E-state index in [0.29, 0.717) is 0 Å². The van der Waals surface area contributed by atoms with Gasteiger partial charge in [0.05, 0.1) is 9.79 Å². The summed E-state index contributed by atoms with van der Waals surface area (Å²) >= 11 is 0. The molecule has 0 aromatic heterocycles. The van der Waals surface area contributed by atoms with Gasteiger partial charge in [0, 0.05) is 0 Å². The Bertz CT molecular complexity index is 432. The minimum absolute atomic E-state index is 0.368. The summed E-state index contributed by atoms with van der Waals surface area (Å²) in [5.41, 5.74) is 0. The molecule has 1 aromatic carbocycles. The lowest BCUT2D eigenvalue weighted by Crippen LogP contribution is -2.01. The fraction of sp³-hybridized carbons (Fsp3) is 0. The van der Waals surface area contributed by atoms with Crippen LogP contribution in [0.3, 0.4) is 0 Å². The number of hydrogen-bond acceptors (Lipinski definition) is 5. The summed E-state index contributed by atoms with van der Waals surface area (Å²) in [6.07, 6.45) is 0. The van der Waals surface area contributed by atoms with E-state index in [1.54, 1.807) is 0 Å². The molecule has 0 unspecified atom stereocenters. The van der Waals surface area contributed by atoms with E-state index in [1.807, 2.05) is 0 Å². The second-order valence-electron chi connectivity index (χ2n) is 2.47. The molecule has 4 N–H and O–H groups in total. The molecule has 0 amide bonds. The third-order valence-electron chi connectivity index (χ3n) is 1.42. The molecule has 0 aliphatic carbocycles. The highest BCUT2D eigenvalue weighted by atomic mass is 32.3. The normalized spacial score (nSPS) is 14.0. The van der Waals surface area contributed by atoms with Gasteiger partial charge >= 0.3 is 0 Å². The molecule has 0 heterocycles. The zero-order chi connectivity index (χ0) is 11.0. The SMILES string of the molecule is O=S(=O)(O)c1cccc(S(O)(O)O)c1. The van der Waals surface area contributed by atoms with Gasteiger partial charge in [-0.2, -0.15) is 8.42 Å². The summed E-state index contributed by atoms with van der Waals surface area (Å²) in [6, 6.07) is 4.14. The largest absolute Gasteiger partial charge is 0.304 e. The van der Waals surface area contributed by atoms with Crippen molar-refractivity contribution in [1.29, 1.82) is 0 Å². The number of rotatable bonds is 2. The highest BCUT2D eigenvalue weighted by Gasteiger charge is 2.18. The zero-order valence-electron chi connectivity index (χ0n) is 6.73. The molecule has 8 heteroatoms. The van der Waals surface area contributed by atoms with Gasteiger partial charge in [-0.3, -0.25) is 4.55 Å². The lowest BCUT2D eigenvalue weighted by Gasteiger charge is -2.19. The summed E-state index contributed by atoms with van der Waals surface area (Å²) in [4.78, 5) is -0.878. The predicted octanol–water partition coefficient (Wildman–Crippen LogP) is 1.52. The van der Waals surface area contributed by atoms with Gasteiger partial charge in [-0.05, 0) is 18.2 Å². The first-order valence-corrected chi connectivity index (χ1v) is 6.24. The van der Waals surface area contributed by atoms with Crippen LogP contribution in [0.15, 0.2) is 34.1 Å². The topological polar surface area (TPSA) is 115 Å². The maximum atomic E-state index is 10.6. The van der Waals surface area contributed by atoms with Gasteiger partial charge in [0.15, 0.2) is 0 Å². The summed E-state index contributed by atoms with van der Waals surface area (Å²) in [7, 11) is -8.37. The molecule has 0 saturated heterocycles. The molecular weight excluding hydrogens is 232 g/mol. The van der Waals surface area contributed by atoms with Gasteiger partial charge in [0.2, 0.25) is 0 Å². The van der Waals surface area contributed by atoms with E-state index < -0.39 is 25.9 Å². The van der Waals surface area contributed by atoms with Crippen LogP contribution in [-0.4, -0.2) is 26.6 Å². The predicted molar refractivity (Wildman–Crippen MR) is 50.0 cm³/mol. The number of benzene rings is 1. The molecular formula is C6H8O6S2. The Morgan fingerprint density at radius 1 is 0.929 bits per heavy atom. The van der Waals surface area contributed by atoms with E-state index in [9.17, 15) is 8.42 Å². The van der Waals surface area contributed by atoms with Crippen molar-refractivity contribution in [3.63, 3.8) is 0 Å². The summed E-state index contributed by atoms with van der Waals surface area (Å²) in [5.74, 6) is 0. The second kappa shape index (κ2) is 3.50. The van der Waals surface area contributed by atoms with Crippen LogP contribution in [0.2, 0.25) is 0 Å². The van der Waals surface area contributed by atoms with Crippen molar-refractivity contribution in [1.82, 2.24) is 0 Å². The Labute approximate surface area is 82.1 Å². The summed E-state index contributed by atoms with van der Waals surface area (Å²) in [6.45, 7) is 0.